The molecule has 10 nitrogen and oxygen atoms in total. The molecule has 2 bridgehead atoms. The van der Waals surface area contributed by atoms with E-state index in [9.17, 15) is 24.9 Å². The Balaban J connectivity index is 1.39. The molecule has 1 amide bonds. The van der Waals surface area contributed by atoms with Crippen LogP contribution in [0.5, 0.6) is 11.5 Å². The van der Waals surface area contributed by atoms with Gasteiger partial charge in [-0.2, -0.15) is 0 Å². The Labute approximate surface area is 227 Å². The highest BCUT2D eigenvalue weighted by Crippen LogP contribution is 2.63. The number of aromatic hydroxyl groups is 1. The molecule has 2 saturated heterocycles. The van der Waals surface area contributed by atoms with Gasteiger partial charge in [0.1, 0.15) is 11.3 Å². The Morgan fingerprint density at radius 2 is 1.92 bits per heavy atom. The van der Waals surface area contributed by atoms with E-state index in [0.29, 0.717) is 25.3 Å². The van der Waals surface area contributed by atoms with Crippen molar-refractivity contribution in [1.29, 1.82) is 0 Å². The van der Waals surface area contributed by atoms with Crippen LogP contribution in [-0.4, -0.2) is 88.8 Å². The second-order valence-corrected chi connectivity index (χ2v) is 12.1. The minimum absolute atomic E-state index is 0.0173. The number of phenols is 1. The zero-order chi connectivity index (χ0) is 27.7. The van der Waals surface area contributed by atoms with Crippen molar-refractivity contribution < 1.29 is 39.1 Å². The molecule has 3 heterocycles. The highest BCUT2D eigenvalue weighted by molar-refractivity contribution is 5.97. The van der Waals surface area contributed by atoms with Crippen LogP contribution in [0.15, 0.2) is 23.5 Å². The van der Waals surface area contributed by atoms with Gasteiger partial charge in [0.25, 0.3) is 5.91 Å². The molecule has 5 aliphatic rings. The number of fused-ring (bicyclic) bond motifs is 1. The van der Waals surface area contributed by atoms with E-state index >= 15 is 0 Å². The predicted octanol–water partition coefficient (Wildman–Crippen LogP) is 1.85. The molecule has 4 atom stereocenters. The van der Waals surface area contributed by atoms with E-state index in [1.54, 1.807) is 13.0 Å². The number of carbonyl (C=O) groups is 2. The van der Waals surface area contributed by atoms with Crippen LogP contribution in [0.2, 0.25) is 0 Å². The number of piperidine rings is 1. The van der Waals surface area contributed by atoms with Crippen molar-refractivity contribution in [1.82, 2.24) is 10.2 Å². The number of methoxy groups -OCH3 is 1. The van der Waals surface area contributed by atoms with Crippen LogP contribution in [0.25, 0.3) is 0 Å². The van der Waals surface area contributed by atoms with Crippen LogP contribution >= 0.6 is 0 Å². The van der Waals surface area contributed by atoms with E-state index in [-0.39, 0.29) is 54.9 Å². The number of ether oxygens (including phenoxy) is 3. The molecular formula is C29H38N2O8. The van der Waals surface area contributed by atoms with Gasteiger partial charge in [0.15, 0.2) is 17.6 Å². The van der Waals surface area contributed by atoms with E-state index in [1.807, 2.05) is 6.07 Å². The topological polar surface area (TPSA) is 138 Å². The van der Waals surface area contributed by atoms with Gasteiger partial charge in [0.05, 0.1) is 23.7 Å². The molecule has 0 unspecified atom stereocenters. The monoisotopic (exact) mass is 542 g/mol. The molecule has 3 aliphatic heterocycles. The minimum atomic E-state index is -1.31. The summed E-state index contributed by atoms with van der Waals surface area (Å²) in [6.07, 6.45) is 2.91. The molecule has 10 heteroatoms. The normalized spacial score (nSPS) is 33.4. The summed E-state index contributed by atoms with van der Waals surface area (Å²) in [6.45, 7) is 5.49. The number of hydrogen-bond acceptors (Lipinski definition) is 9. The number of aliphatic hydroxyl groups excluding tert-OH is 1. The number of likely N-dealkylation sites (tertiary alicyclic amines) is 1. The van der Waals surface area contributed by atoms with Crippen molar-refractivity contribution in [3.63, 3.8) is 0 Å². The lowest BCUT2D eigenvalue weighted by atomic mass is 9.53. The number of nitrogens with one attached hydrogen (secondary N) is 1. The van der Waals surface area contributed by atoms with Crippen LogP contribution < -0.4 is 10.1 Å². The largest absolute Gasteiger partial charge is 0.508 e. The van der Waals surface area contributed by atoms with Gasteiger partial charge in [0.2, 0.25) is 0 Å². The second kappa shape index (κ2) is 9.11. The second-order valence-electron chi connectivity index (χ2n) is 12.1. The minimum Gasteiger partial charge on any atom is -0.508 e. The predicted molar refractivity (Wildman–Crippen MR) is 140 cm³/mol. The van der Waals surface area contributed by atoms with Gasteiger partial charge in [-0.25, -0.2) is 4.79 Å². The van der Waals surface area contributed by atoms with Gasteiger partial charge < -0.3 is 34.8 Å². The SMILES string of the molecule is COC(=O)C1(NC(=O)/C(C)=C(\O)[C@@H]2Oc3c(O)ccc4c3[C@@]23CCN(CC2CC2)[C@H](C4)[C@@]3(C)O)CCOCC1. The summed E-state index contributed by atoms with van der Waals surface area (Å²) >= 11 is 0. The van der Waals surface area contributed by atoms with E-state index in [1.165, 1.54) is 26.9 Å². The first-order valence-corrected chi connectivity index (χ1v) is 13.9. The smallest absolute Gasteiger partial charge is 0.331 e. The Morgan fingerprint density at radius 1 is 1.21 bits per heavy atom. The Kier molecular flexibility index (Phi) is 6.17. The maximum Gasteiger partial charge on any atom is 0.331 e. The van der Waals surface area contributed by atoms with Gasteiger partial charge in [0, 0.05) is 44.2 Å². The average Bonchev–Trinajstić information content (AvgIpc) is 3.66. The summed E-state index contributed by atoms with van der Waals surface area (Å²) in [7, 11) is 1.27. The molecular weight excluding hydrogens is 504 g/mol. The lowest BCUT2D eigenvalue weighted by Crippen LogP contribution is -2.73. The Bertz CT molecular complexity index is 1230. The molecule has 39 heavy (non-hydrogen) atoms. The van der Waals surface area contributed by atoms with Crippen molar-refractivity contribution >= 4 is 11.9 Å². The van der Waals surface area contributed by atoms with Gasteiger partial charge in [-0.15, -0.1) is 0 Å². The summed E-state index contributed by atoms with van der Waals surface area (Å²) in [4.78, 5) is 28.5. The lowest BCUT2D eigenvalue weighted by Gasteiger charge is -2.59. The number of carbonyl (C=O) groups excluding carboxylic acids is 2. The molecule has 3 fully saturated rings. The van der Waals surface area contributed by atoms with E-state index in [4.69, 9.17) is 14.2 Å². The number of phenolic OH excluding ortho intramolecular Hbond substituents is 1. The van der Waals surface area contributed by atoms with Gasteiger partial charge in [-0.1, -0.05) is 6.07 Å². The van der Waals surface area contributed by atoms with E-state index < -0.39 is 34.5 Å². The van der Waals surface area contributed by atoms with Crippen LogP contribution in [0.1, 0.15) is 57.1 Å². The van der Waals surface area contributed by atoms with Crippen molar-refractivity contribution in [3.05, 3.63) is 34.6 Å². The highest BCUT2D eigenvalue weighted by Gasteiger charge is 2.69. The van der Waals surface area contributed by atoms with Crippen LogP contribution in [0.3, 0.4) is 0 Å². The van der Waals surface area contributed by atoms with E-state index in [2.05, 4.69) is 10.2 Å². The standard InChI is InChI=1S/C29H38N2O8/c1-16(25(34)30-28(26(35)37-3)9-12-38-13-10-28)22(33)24-29-8-11-31(15-17-4-5-17)20(27(29,2)36)14-18-6-7-19(32)23(39-24)21(18)29/h6-7,17,20,24,32-33,36H,4-5,8-15H2,1-3H3,(H,30,34)/b22-16-/t20-,24+,27-,29+/m1/s1. The fourth-order valence-corrected chi connectivity index (χ4v) is 7.49. The molecule has 1 spiro atoms. The number of hydrogen-bond donors (Lipinski definition) is 4. The van der Waals surface area contributed by atoms with Gasteiger partial charge in [-0.3, -0.25) is 9.69 Å². The number of esters is 1. The quantitative estimate of drug-likeness (QED) is 0.241. The molecule has 0 aromatic heterocycles. The first-order chi connectivity index (χ1) is 18.6. The van der Waals surface area contributed by atoms with Crippen LogP contribution in [0.4, 0.5) is 0 Å². The van der Waals surface area contributed by atoms with Gasteiger partial charge >= 0.3 is 5.97 Å². The number of aliphatic hydroxyl groups is 2. The van der Waals surface area contributed by atoms with Crippen LogP contribution in [0, 0.1) is 5.92 Å². The number of nitrogens with zero attached hydrogens (tertiary/aromatic N) is 1. The van der Waals surface area contributed by atoms with Crippen molar-refractivity contribution in [2.75, 3.05) is 33.4 Å². The zero-order valence-corrected chi connectivity index (χ0v) is 22.8. The lowest BCUT2D eigenvalue weighted by molar-refractivity contribution is -0.155. The first kappa shape index (κ1) is 26.4. The molecule has 212 valence electrons. The van der Waals surface area contributed by atoms with Crippen molar-refractivity contribution in [2.45, 2.75) is 81.1 Å². The molecule has 6 rings (SSSR count). The fraction of sp³-hybridized carbons (Fsp3) is 0.655. The molecule has 1 saturated carbocycles. The summed E-state index contributed by atoms with van der Waals surface area (Å²) in [5.41, 5.74) is -1.96. The van der Waals surface area contributed by atoms with Crippen molar-refractivity contribution in [2.24, 2.45) is 5.92 Å². The summed E-state index contributed by atoms with van der Waals surface area (Å²) in [6, 6.07) is 3.27. The number of amides is 1. The fourth-order valence-electron chi connectivity index (χ4n) is 7.49. The molecule has 1 aromatic carbocycles. The maximum absolute atomic E-state index is 13.5. The van der Waals surface area contributed by atoms with Crippen molar-refractivity contribution in [3.8, 4) is 11.5 Å². The highest BCUT2D eigenvalue weighted by atomic mass is 16.5. The first-order valence-electron chi connectivity index (χ1n) is 13.9. The van der Waals surface area contributed by atoms with E-state index in [0.717, 1.165) is 17.7 Å². The third-order valence-electron chi connectivity index (χ3n) is 9.99. The number of rotatable bonds is 6. The zero-order valence-electron chi connectivity index (χ0n) is 22.8. The average molecular weight is 543 g/mol. The summed E-state index contributed by atoms with van der Waals surface area (Å²) in [5.74, 6) is -0.677. The molecule has 0 radical (unpaired) electrons. The Hall–Kier alpha value is -2.82. The number of benzene rings is 1. The Morgan fingerprint density at radius 3 is 2.59 bits per heavy atom. The van der Waals surface area contributed by atoms with Crippen LogP contribution in [-0.2, 0) is 30.9 Å². The van der Waals surface area contributed by atoms with Gasteiger partial charge in [-0.05, 0) is 63.6 Å². The molecule has 1 aromatic rings. The third kappa shape index (κ3) is 3.78. The third-order valence-corrected chi connectivity index (χ3v) is 9.99. The maximum atomic E-state index is 13.5. The molecule has 4 N–H and O–H groups in total. The molecule has 2 aliphatic carbocycles. The summed E-state index contributed by atoms with van der Waals surface area (Å²) in [5, 5.41) is 37.6. The summed E-state index contributed by atoms with van der Waals surface area (Å²) < 4.78 is 16.7.